The lowest BCUT2D eigenvalue weighted by Crippen LogP contribution is -2.36. The highest BCUT2D eigenvalue weighted by Crippen LogP contribution is 2.34. The number of ether oxygens (including phenoxy) is 1. The van der Waals surface area contributed by atoms with Gasteiger partial charge in [-0.1, -0.05) is 30.1 Å². The van der Waals surface area contributed by atoms with Gasteiger partial charge in [0, 0.05) is 24.6 Å². The first kappa shape index (κ1) is 20.4. The Labute approximate surface area is 176 Å². The minimum Gasteiger partial charge on any atom is -0.497 e. The summed E-state index contributed by atoms with van der Waals surface area (Å²) in [5, 5.41) is 6.78. The molecule has 0 spiro atoms. The average Bonchev–Trinajstić information content (AvgIpc) is 3.26. The smallest absolute Gasteiger partial charge is 0.273 e. The maximum atomic E-state index is 12.9. The van der Waals surface area contributed by atoms with E-state index in [1.54, 1.807) is 13.2 Å². The summed E-state index contributed by atoms with van der Waals surface area (Å²) in [6.07, 6.45) is 7.05. The molecule has 1 N–H and O–H groups in total. The molecule has 2 fully saturated rings. The summed E-state index contributed by atoms with van der Waals surface area (Å²) in [5.74, 6) is 1.49. The Morgan fingerprint density at radius 1 is 1.17 bits per heavy atom. The van der Waals surface area contributed by atoms with E-state index in [4.69, 9.17) is 9.26 Å². The van der Waals surface area contributed by atoms with Crippen LogP contribution in [-0.4, -0.2) is 41.6 Å². The average molecular weight is 412 g/mol. The van der Waals surface area contributed by atoms with Gasteiger partial charge in [0.15, 0.2) is 11.5 Å². The largest absolute Gasteiger partial charge is 0.497 e. The number of rotatable bonds is 9. The molecule has 0 bridgehead atoms. The zero-order chi connectivity index (χ0) is 20.9. The number of methoxy groups -OCH3 is 1. The van der Waals surface area contributed by atoms with Gasteiger partial charge in [-0.15, -0.1) is 0 Å². The monoisotopic (exact) mass is 411 g/mol. The molecule has 1 heterocycles. The van der Waals surface area contributed by atoms with Crippen molar-refractivity contribution in [3.63, 3.8) is 0 Å². The molecule has 2 saturated carbocycles. The third kappa shape index (κ3) is 5.01. The van der Waals surface area contributed by atoms with Crippen molar-refractivity contribution < 1.29 is 18.8 Å². The van der Waals surface area contributed by atoms with Crippen molar-refractivity contribution in [3.8, 4) is 5.75 Å². The van der Waals surface area contributed by atoms with Crippen molar-refractivity contribution in [2.75, 3.05) is 13.7 Å². The summed E-state index contributed by atoms with van der Waals surface area (Å²) >= 11 is 0. The molecule has 160 valence electrons. The summed E-state index contributed by atoms with van der Waals surface area (Å²) in [4.78, 5) is 27.2. The van der Waals surface area contributed by atoms with Crippen LogP contribution < -0.4 is 10.1 Å². The third-order valence-electron chi connectivity index (χ3n) is 5.95. The zero-order valence-corrected chi connectivity index (χ0v) is 17.4. The summed E-state index contributed by atoms with van der Waals surface area (Å²) in [7, 11) is 1.63. The van der Waals surface area contributed by atoms with Crippen LogP contribution in [0, 0.1) is 5.92 Å². The zero-order valence-electron chi connectivity index (χ0n) is 17.4. The van der Waals surface area contributed by atoms with Crippen LogP contribution >= 0.6 is 0 Å². The lowest BCUT2D eigenvalue weighted by atomic mass is 10.1. The molecular formula is C23H29N3O4. The second-order valence-electron chi connectivity index (χ2n) is 8.21. The highest BCUT2D eigenvalue weighted by molar-refractivity contribution is 5.92. The van der Waals surface area contributed by atoms with Crippen molar-refractivity contribution in [3.05, 3.63) is 47.3 Å². The maximum Gasteiger partial charge on any atom is 0.273 e. The van der Waals surface area contributed by atoms with Crippen LogP contribution in [0.25, 0.3) is 0 Å². The Balaban J connectivity index is 1.29. The van der Waals surface area contributed by atoms with Crippen LogP contribution in [-0.2, 0) is 17.8 Å². The Hall–Kier alpha value is -2.83. The molecule has 2 aliphatic carbocycles. The molecule has 2 aromatic rings. The molecule has 30 heavy (non-hydrogen) atoms. The van der Waals surface area contributed by atoms with E-state index in [1.165, 1.54) is 0 Å². The molecule has 7 nitrogen and oxygen atoms in total. The second-order valence-corrected chi connectivity index (χ2v) is 8.21. The molecule has 0 saturated heterocycles. The molecule has 2 amide bonds. The van der Waals surface area contributed by atoms with Gasteiger partial charge < -0.3 is 19.5 Å². The number of hydrogen-bond acceptors (Lipinski definition) is 5. The second kappa shape index (κ2) is 9.32. The Kier molecular flexibility index (Phi) is 6.35. The number of carbonyl (C=O) groups excluding carboxylic acids is 2. The van der Waals surface area contributed by atoms with Gasteiger partial charge >= 0.3 is 0 Å². The van der Waals surface area contributed by atoms with Gasteiger partial charge in [0.1, 0.15) is 5.75 Å². The van der Waals surface area contributed by atoms with Gasteiger partial charge in [-0.05, 0) is 49.8 Å². The molecule has 7 heteroatoms. The first-order valence-electron chi connectivity index (χ1n) is 10.8. The van der Waals surface area contributed by atoms with Crippen molar-refractivity contribution in [2.24, 2.45) is 5.92 Å². The van der Waals surface area contributed by atoms with E-state index in [-0.39, 0.29) is 23.4 Å². The highest BCUT2D eigenvalue weighted by atomic mass is 16.5. The van der Waals surface area contributed by atoms with Gasteiger partial charge in [0.2, 0.25) is 5.91 Å². The SMILES string of the molecule is COc1ccc(CCNC(=O)c2cc(CN(C(=O)C3CCCC3)C3CC3)on2)cc1. The van der Waals surface area contributed by atoms with Gasteiger partial charge in [0.05, 0.1) is 13.7 Å². The number of carbonyl (C=O) groups is 2. The van der Waals surface area contributed by atoms with Crippen LogP contribution in [0.4, 0.5) is 0 Å². The minimum atomic E-state index is -0.265. The summed E-state index contributed by atoms with van der Waals surface area (Å²) in [6, 6.07) is 9.73. The Morgan fingerprint density at radius 3 is 2.57 bits per heavy atom. The van der Waals surface area contributed by atoms with Crippen molar-refractivity contribution in [1.29, 1.82) is 0 Å². The van der Waals surface area contributed by atoms with Crippen LogP contribution in [0.5, 0.6) is 5.75 Å². The van der Waals surface area contributed by atoms with Gasteiger partial charge in [-0.2, -0.15) is 0 Å². The Morgan fingerprint density at radius 2 is 1.90 bits per heavy atom. The fourth-order valence-electron chi connectivity index (χ4n) is 4.05. The van der Waals surface area contributed by atoms with E-state index in [2.05, 4.69) is 10.5 Å². The van der Waals surface area contributed by atoms with E-state index in [9.17, 15) is 9.59 Å². The first-order chi connectivity index (χ1) is 14.6. The van der Waals surface area contributed by atoms with E-state index >= 15 is 0 Å². The summed E-state index contributed by atoms with van der Waals surface area (Å²) < 4.78 is 10.5. The molecule has 0 unspecified atom stereocenters. The molecule has 0 radical (unpaired) electrons. The predicted octanol–water partition coefficient (Wildman–Crippen LogP) is 3.34. The van der Waals surface area contributed by atoms with Crippen LogP contribution in [0.15, 0.2) is 34.9 Å². The summed E-state index contributed by atoms with van der Waals surface area (Å²) in [5.41, 5.74) is 1.37. The predicted molar refractivity (Wildman–Crippen MR) is 111 cm³/mol. The van der Waals surface area contributed by atoms with E-state index in [0.29, 0.717) is 31.3 Å². The van der Waals surface area contributed by atoms with Gasteiger partial charge in [-0.25, -0.2) is 0 Å². The molecule has 0 aliphatic heterocycles. The van der Waals surface area contributed by atoms with Crippen LogP contribution in [0.2, 0.25) is 0 Å². The quantitative estimate of drug-likeness (QED) is 0.684. The van der Waals surface area contributed by atoms with Crippen molar-refractivity contribution >= 4 is 11.8 Å². The molecule has 0 atom stereocenters. The number of amides is 2. The lowest BCUT2D eigenvalue weighted by Gasteiger charge is -2.24. The number of aromatic nitrogens is 1. The molecule has 1 aromatic heterocycles. The number of benzene rings is 1. The molecular weight excluding hydrogens is 382 g/mol. The highest BCUT2D eigenvalue weighted by Gasteiger charge is 2.37. The molecule has 4 rings (SSSR count). The molecule has 1 aromatic carbocycles. The fraction of sp³-hybridized carbons (Fsp3) is 0.522. The summed E-state index contributed by atoms with van der Waals surface area (Å²) in [6.45, 7) is 0.897. The van der Waals surface area contributed by atoms with E-state index in [1.807, 2.05) is 29.2 Å². The minimum absolute atomic E-state index is 0.147. The topological polar surface area (TPSA) is 84.7 Å². The number of nitrogens with one attached hydrogen (secondary N) is 1. The standard InChI is InChI=1S/C23H29N3O4/c1-29-19-10-6-16(7-11-19)12-13-24-22(27)21-14-20(30-25-21)15-26(18-8-9-18)23(28)17-4-2-3-5-17/h6-7,10-11,14,17-18H,2-5,8-9,12-13,15H2,1H3,(H,24,27). The normalized spacial score (nSPS) is 16.4. The van der Waals surface area contributed by atoms with Crippen molar-refractivity contribution in [2.45, 2.75) is 57.5 Å². The fourth-order valence-corrected chi connectivity index (χ4v) is 4.05. The number of nitrogens with zero attached hydrogens (tertiary/aromatic N) is 2. The van der Waals surface area contributed by atoms with Gasteiger partial charge in [-0.3, -0.25) is 9.59 Å². The third-order valence-corrected chi connectivity index (χ3v) is 5.95. The Bertz CT molecular complexity index is 867. The van der Waals surface area contributed by atoms with Gasteiger partial charge in [0.25, 0.3) is 5.91 Å². The van der Waals surface area contributed by atoms with Crippen LogP contribution in [0.1, 0.15) is 60.3 Å². The van der Waals surface area contributed by atoms with Crippen molar-refractivity contribution in [1.82, 2.24) is 15.4 Å². The number of hydrogen-bond donors (Lipinski definition) is 1. The van der Waals surface area contributed by atoms with E-state index in [0.717, 1.165) is 49.8 Å². The molecule has 2 aliphatic rings. The lowest BCUT2D eigenvalue weighted by molar-refractivity contribution is -0.136. The maximum absolute atomic E-state index is 12.9. The van der Waals surface area contributed by atoms with E-state index < -0.39 is 0 Å². The van der Waals surface area contributed by atoms with Crippen LogP contribution in [0.3, 0.4) is 0 Å². The first-order valence-corrected chi connectivity index (χ1v) is 10.8.